The molecule has 14 N–H and O–H groups in total. The van der Waals surface area contributed by atoms with E-state index in [-0.39, 0.29) is 31.6 Å². The van der Waals surface area contributed by atoms with Gasteiger partial charge in [0, 0.05) is 45.3 Å². The van der Waals surface area contributed by atoms with Crippen molar-refractivity contribution in [3.05, 3.63) is 29.8 Å². The molecule has 2 unspecified atom stereocenters. The number of unbranched alkanes of at least 4 members (excludes halogenated alkanes) is 5. The molecule has 1 aromatic rings. The zero-order valence-electron chi connectivity index (χ0n) is 42.5. The molecule has 73 heavy (non-hydrogen) atoms. The Bertz CT molecular complexity index is 2030. The Morgan fingerprint density at radius 2 is 1.36 bits per heavy atom. The van der Waals surface area contributed by atoms with Gasteiger partial charge in [0.25, 0.3) is 0 Å². The van der Waals surface area contributed by atoms with Gasteiger partial charge in [0.2, 0.25) is 47.3 Å². The Labute approximate surface area is 426 Å². The molecule has 0 aliphatic carbocycles. The summed E-state index contributed by atoms with van der Waals surface area (Å²) in [5.41, 5.74) is 5.70. The van der Waals surface area contributed by atoms with Crippen LogP contribution >= 0.6 is 0 Å². The Kier molecular flexibility index (Phi) is 23.7. The molecule has 1 aromatic carbocycles. The van der Waals surface area contributed by atoms with E-state index in [1.54, 1.807) is 0 Å². The predicted molar refractivity (Wildman–Crippen MR) is 263 cm³/mol. The summed E-state index contributed by atoms with van der Waals surface area (Å²) in [6.45, 7) is 6.49. The van der Waals surface area contributed by atoms with Gasteiger partial charge in [0.1, 0.15) is 42.0 Å². The molecule has 3 saturated heterocycles. The molecule has 4 rings (SSSR count). The van der Waals surface area contributed by atoms with Crippen LogP contribution < -0.4 is 32.3 Å². The Morgan fingerprint density at radius 3 is 2.00 bits per heavy atom. The third-order valence-electron chi connectivity index (χ3n) is 14.1. The number of aliphatic hydroxyl groups is 6. The number of phenols is 1. The number of hydrogen-bond donors (Lipinski definition) is 13. The van der Waals surface area contributed by atoms with Crippen LogP contribution in [0.4, 0.5) is 0 Å². The van der Waals surface area contributed by atoms with Crippen molar-refractivity contribution in [1.29, 1.82) is 0 Å². The fourth-order valence-corrected chi connectivity index (χ4v) is 9.75. The summed E-state index contributed by atoms with van der Waals surface area (Å²) in [6.07, 6.45) is -3.70. The lowest BCUT2D eigenvalue weighted by atomic mass is 9.91. The number of carbonyl (C=O) groups excluding carboxylic acids is 8. The zero-order chi connectivity index (χ0) is 54.1. The Morgan fingerprint density at radius 1 is 0.740 bits per heavy atom. The molecule has 0 bridgehead atoms. The van der Waals surface area contributed by atoms with Gasteiger partial charge in [-0.05, 0) is 55.7 Å². The van der Waals surface area contributed by atoms with E-state index in [9.17, 15) is 74.1 Å². The number of amides is 8. The van der Waals surface area contributed by atoms with Gasteiger partial charge in [-0.3, -0.25) is 38.4 Å². The molecule has 0 spiro atoms. The van der Waals surface area contributed by atoms with E-state index in [0.29, 0.717) is 23.8 Å². The molecule has 0 radical (unpaired) electrons. The average Bonchev–Trinajstić information content (AvgIpc) is 3.92. The number of nitrogens with two attached hydrogens (primary N) is 1. The Hall–Kier alpha value is -5.46. The molecule has 23 heteroatoms. The number of aliphatic hydroxyl groups excluding tert-OH is 6. The molecule has 3 aliphatic heterocycles. The molecule has 8 amide bonds. The number of hydrogen-bond acceptors (Lipinski definition) is 15. The second-order valence-corrected chi connectivity index (χ2v) is 20.4. The van der Waals surface area contributed by atoms with Crippen LogP contribution in [0.25, 0.3) is 0 Å². The van der Waals surface area contributed by atoms with E-state index in [2.05, 4.69) is 47.4 Å². The van der Waals surface area contributed by atoms with Crippen LogP contribution in [0.15, 0.2) is 24.3 Å². The number of rotatable bonds is 20. The van der Waals surface area contributed by atoms with E-state index in [4.69, 9.17) is 5.73 Å². The average molecular weight is 1030 g/mol. The molecule has 410 valence electrons. The first kappa shape index (κ1) is 60.1. The summed E-state index contributed by atoms with van der Waals surface area (Å²) in [5, 5.41) is 88.7. The topological polar surface area (TPSA) is 371 Å². The van der Waals surface area contributed by atoms with Gasteiger partial charge in [-0.1, -0.05) is 77.8 Å². The van der Waals surface area contributed by atoms with E-state index in [0.717, 1.165) is 54.7 Å². The highest BCUT2D eigenvalue weighted by Gasteiger charge is 2.48. The van der Waals surface area contributed by atoms with Crippen molar-refractivity contribution >= 4 is 47.3 Å². The third-order valence-corrected chi connectivity index (χ3v) is 14.1. The lowest BCUT2D eigenvalue weighted by molar-refractivity contribution is -0.147. The van der Waals surface area contributed by atoms with Crippen LogP contribution in [0.3, 0.4) is 0 Å². The summed E-state index contributed by atoms with van der Waals surface area (Å²) < 4.78 is 0. The van der Waals surface area contributed by atoms with Crippen molar-refractivity contribution in [3.8, 4) is 5.75 Å². The molecule has 0 aromatic heterocycles. The van der Waals surface area contributed by atoms with E-state index in [1.807, 2.05) is 0 Å². The number of β-amino-alcohol motifs (C(OH)–C–C–N with tert-alkyl or cyclic N) is 1. The highest BCUT2D eigenvalue weighted by molar-refractivity contribution is 5.98. The van der Waals surface area contributed by atoms with Crippen LogP contribution in [-0.4, -0.2) is 185 Å². The second-order valence-electron chi connectivity index (χ2n) is 20.4. The molecule has 3 heterocycles. The predicted octanol–water partition coefficient (Wildman–Crippen LogP) is -2.15. The maximum Gasteiger partial charge on any atom is 0.248 e. The largest absolute Gasteiger partial charge is 0.508 e. The van der Waals surface area contributed by atoms with Gasteiger partial charge in [-0.25, -0.2) is 0 Å². The van der Waals surface area contributed by atoms with Gasteiger partial charge < -0.3 is 77.9 Å². The van der Waals surface area contributed by atoms with Crippen molar-refractivity contribution in [3.63, 3.8) is 0 Å². The lowest BCUT2D eigenvalue weighted by Gasteiger charge is -2.33. The fourth-order valence-electron chi connectivity index (χ4n) is 9.75. The number of nitrogens with zero attached hydrogens (tertiary/aromatic N) is 2. The number of nitrogens with one attached hydrogen (secondary N) is 5. The molecular formula is C50H80N8O15. The number of fused-ring (bicyclic) bond motifs is 2. The summed E-state index contributed by atoms with van der Waals surface area (Å²) >= 11 is 0. The van der Waals surface area contributed by atoms with Crippen molar-refractivity contribution in [2.45, 2.75) is 197 Å². The van der Waals surface area contributed by atoms with E-state index in [1.165, 1.54) is 37.6 Å². The molecule has 23 nitrogen and oxygen atoms in total. The maximum absolute atomic E-state index is 14.3. The normalized spacial score (nSPS) is 28.0. The smallest absolute Gasteiger partial charge is 0.248 e. The first-order chi connectivity index (χ1) is 34.5. The van der Waals surface area contributed by atoms with Crippen LogP contribution in [0.1, 0.15) is 123 Å². The van der Waals surface area contributed by atoms with Crippen molar-refractivity contribution in [2.24, 2.45) is 17.6 Å². The molecule has 0 saturated carbocycles. The number of aromatic hydroxyl groups is 1. The minimum absolute atomic E-state index is 0.00429. The number of benzene rings is 1. The summed E-state index contributed by atoms with van der Waals surface area (Å²) in [6, 6.07) is -5.41. The summed E-state index contributed by atoms with van der Waals surface area (Å²) in [5.74, 6) is -7.21. The summed E-state index contributed by atoms with van der Waals surface area (Å²) in [7, 11) is 0. The highest BCUT2D eigenvalue weighted by Crippen LogP contribution is 2.25. The molecule has 14 atom stereocenters. The maximum atomic E-state index is 14.3. The van der Waals surface area contributed by atoms with Crippen LogP contribution in [0.2, 0.25) is 0 Å². The first-order valence-electron chi connectivity index (χ1n) is 25.7. The third kappa shape index (κ3) is 18.2. The highest BCUT2D eigenvalue weighted by atomic mass is 16.3. The quantitative estimate of drug-likeness (QED) is 0.0620. The van der Waals surface area contributed by atoms with E-state index < -0.39 is 152 Å². The SMILES string of the molecule is CCC(C)CC(C)CCCCCCCCC(=O)N[C@@H]1C[C@@H](O)CNC(=O)[C@@H]2[C@@H](O)CCN2C(=O)[C@H]([C@@H](O)CC(N)=O)NC(=O)[C@H]([C@@H](O)Cc2ccc(O)cc2)NC(=O)[C@@H]2C[C@@H](O)CN2C(=O)[C@H]([C@@H](C)O)NC1=O. The number of primary amides is 1. The van der Waals surface area contributed by atoms with Gasteiger partial charge in [0.15, 0.2) is 0 Å². The second kappa shape index (κ2) is 28.8. The number of carbonyl (C=O) groups is 8. The minimum atomic E-state index is -2.10. The van der Waals surface area contributed by atoms with Gasteiger partial charge >= 0.3 is 0 Å². The van der Waals surface area contributed by atoms with Gasteiger partial charge in [-0.2, -0.15) is 0 Å². The number of phenolic OH excluding ortho intramolecular Hbond substituents is 1. The molecular weight excluding hydrogens is 953 g/mol. The first-order valence-corrected chi connectivity index (χ1v) is 25.7. The minimum Gasteiger partial charge on any atom is -0.508 e. The van der Waals surface area contributed by atoms with Crippen LogP contribution in [-0.2, 0) is 44.8 Å². The van der Waals surface area contributed by atoms with Crippen LogP contribution in [0.5, 0.6) is 5.75 Å². The molecule has 3 fully saturated rings. The van der Waals surface area contributed by atoms with Crippen molar-refractivity contribution < 1.29 is 74.1 Å². The van der Waals surface area contributed by atoms with E-state index >= 15 is 0 Å². The molecule has 3 aliphatic rings. The van der Waals surface area contributed by atoms with Gasteiger partial charge in [-0.15, -0.1) is 0 Å². The lowest BCUT2D eigenvalue weighted by Crippen LogP contribution is -2.64. The summed E-state index contributed by atoms with van der Waals surface area (Å²) in [4.78, 5) is 112. The Balaban J connectivity index is 1.65. The van der Waals surface area contributed by atoms with Gasteiger partial charge in [0.05, 0.1) is 43.0 Å². The standard InChI is InChI=1S/C50H80N8O15/c1-5-27(2)20-28(3)12-10-8-6-7-9-11-13-40(67)53-34-22-32(61)25-52-48(71)44-36(63)18-19-57(44)50(73)43(38(65)24-39(51)66)56-47(70)42(37(64)21-30-14-16-31(60)17-15-30)55-46(69)35-23-33(62)26-58(35)49(72)41(29(4)59)54-45(34)68/h14-17,27-29,32-38,41-44,59-65H,5-13,18-26H2,1-4H3,(H2,51,66)(H,52,71)(H,53,67)(H,54,68)(H,55,69)(H,56,70)/t27?,28?,29-,32-,33-,34-,35+,36+,37+,38+,41+,42+,43+,44+/m1/s1. The monoisotopic (exact) mass is 1030 g/mol. The fraction of sp³-hybridized carbons (Fsp3) is 0.720. The van der Waals surface area contributed by atoms with Crippen molar-refractivity contribution in [2.75, 3.05) is 19.6 Å². The van der Waals surface area contributed by atoms with Crippen LogP contribution in [0, 0.1) is 11.8 Å². The van der Waals surface area contributed by atoms with Crippen molar-refractivity contribution in [1.82, 2.24) is 36.4 Å². The zero-order valence-corrected chi connectivity index (χ0v) is 42.5.